The minimum atomic E-state index is -2.92. The van der Waals surface area contributed by atoms with Crippen molar-refractivity contribution >= 4 is 9.84 Å². The number of hydrogen-bond donors (Lipinski definition) is 2. The van der Waals surface area contributed by atoms with Gasteiger partial charge in [-0.15, -0.1) is 0 Å². The van der Waals surface area contributed by atoms with Gasteiger partial charge in [-0.1, -0.05) is 12.1 Å². The predicted molar refractivity (Wildman–Crippen MR) is 70.2 cm³/mol. The molecule has 0 fully saturated rings. The Morgan fingerprint density at radius 3 is 2.44 bits per heavy atom. The summed E-state index contributed by atoms with van der Waals surface area (Å²) < 4.78 is 34.7. The first-order chi connectivity index (χ1) is 8.40. The summed E-state index contributed by atoms with van der Waals surface area (Å²) in [7, 11) is -2.92. The maximum absolute atomic E-state index is 12.7. The molecule has 1 atom stereocenters. The molecule has 0 aliphatic carbocycles. The molecule has 1 aromatic rings. The first kappa shape index (κ1) is 15.1. The molecule has 0 saturated heterocycles. The lowest BCUT2D eigenvalue weighted by Gasteiger charge is -2.15. The number of nitrogens with one attached hydrogen (secondary N) is 1. The minimum absolute atomic E-state index is 0.00258. The van der Waals surface area contributed by atoms with Crippen LogP contribution in [0.5, 0.6) is 0 Å². The summed E-state index contributed by atoms with van der Waals surface area (Å²) in [5.41, 5.74) is 3.63. The summed E-state index contributed by atoms with van der Waals surface area (Å²) in [6, 6.07) is 6.21. The number of hydrogen-bond acceptors (Lipinski definition) is 4. The lowest BCUT2D eigenvalue weighted by molar-refractivity contribution is 0.484. The lowest BCUT2D eigenvalue weighted by Crippen LogP contribution is -2.37. The van der Waals surface area contributed by atoms with Gasteiger partial charge in [0.2, 0.25) is 0 Å². The first-order valence-corrected chi connectivity index (χ1v) is 7.85. The zero-order chi connectivity index (χ0) is 13.6. The second-order valence-corrected chi connectivity index (χ2v) is 6.73. The summed E-state index contributed by atoms with van der Waals surface area (Å²) in [4.78, 5) is 0. The van der Waals surface area contributed by atoms with Gasteiger partial charge in [0.15, 0.2) is 0 Å². The number of rotatable bonds is 7. The van der Waals surface area contributed by atoms with Crippen molar-refractivity contribution in [2.45, 2.75) is 25.3 Å². The topological polar surface area (TPSA) is 72.2 Å². The van der Waals surface area contributed by atoms with Gasteiger partial charge in [0.25, 0.3) is 0 Å². The Labute approximate surface area is 107 Å². The van der Waals surface area contributed by atoms with Gasteiger partial charge >= 0.3 is 0 Å². The van der Waals surface area contributed by atoms with E-state index in [4.69, 9.17) is 5.84 Å². The summed E-state index contributed by atoms with van der Waals surface area (Å²) in [6.45, 7) is 0. The molecular weight excluding hydrogens is 255 g/mol. The van der Waals surface area contributed by atoms with Gasteiger partial charge in [0.1, 0.15) is 15.7 Å². The van der Waals surface area contributed by atoms with Crippen molar-refractivity contribution in [1.82, 2.24) is 5.43 Å². The highest BCUT2D eigenvalue weighted by Gasteiger charge is 2.10. The number of benzene rings is 1. The maximum atomic E-state index is 12.7. The second kappa shape index (κ2) is 6.82. The number of halogens is 1. The molecule has 102 valence electrons. The minimum Gasteiger partial charge on any atom is -0.271 e. The standard InChI is InChI=1S/C12H19FN2O2S/c1-18(16,17)8-2-3-12(15-14)9-10-4-6-11(13)7-5-10/h4-7,12,15H,2-3,8-9,14H2,1H3. The normalized spacial score (nSPS) is 13.5. The third kappa shape index (κ3) is 6.09. The van der Waals surface area contributed by atoms with E-state index in [-0.39, 0.29) is 17.6 Å². The van der Waals surface area contributed by atoms with Crippen LogP contribution in [-0.2, 0) is 16.3 Å². The largest absolute Gasteiger partial charge is 0.271 e. The molecule has 1 unspecified atom stereocenters. The van der Waals surface area contributed by atoms with E-state index in [1.165, 1.54) is 18.4 Å². The zero-order valence-corrected chi connectivity index (χ0v) is 11.2. The molecule has 0 amide bonds. The van der Waals surface area contributed by atoms with E-state index < -0.39 is 9.84 Å². The van der Waals surface area contributed by atoms with Crippen LogP contribution in [0.25, 0.3) is 0 Å². The fourth-order valence-corrected chi connectivity index (χ4v) is 2.43. The average Bonchev–Trinajstić information content (AvgIpc) is 2.29. The smallest absolute Gasteiger partial charge is 0.147 e. The van der Waals surface area contributed by atoms with Crippen LogP contribution in [0.4, 0.5) is 4.39 Å². The molecule has 1 rings (SSSR count). The molecule has 4 nitrogen and oxygen atoms in total. The molecular formula is C12H19FN2O2S. The van der Waals surface area contributed by atoms with E-state index in [0.29, 0.717) is 19.3 Å². The highest BCUT2D eigenvalue weighted by Crippen LogP contribution is 2.09. The van der Waals surface area contributed by atoms with Gasteiger partial charge in [-0.25, -0.2) is 12.8 Å². The molecule has 3 N–H and O–H groups in total. The zero-order valence-electron chi connectivity index (χ0n) is 10.4. The SMILES string of the molecule is CS(=O)(=O)CCCC(Cc1ccc(F)cc1)NN. The molecule has 18 heavy (non-hydrogen) atoms. The summed E-state index contributed by atoms with van der Waals surface area (Å²) in [6.07, 6.45) is 3.11. The molecule has 0 saturated carbocycles. The Morgan fingerprint density at radius 1 is 1.33 bits per heavy atom. The molecule has 1 aromatic carbocycles. The van der Waals surface area contributed by atoms with Gasteiger partial charge in [-0.2, -0.15) is 0 Å². The van der Waals surface area contributed by atoms with Crippen molar-refractivity contribution in [3.05, 3.63) is 35.6 Å². The Balaban J connectivity index is 2.44. The highest BCUT2D eigenvalue weighted by atomic mass is 32.2. The first-order valence-electron chi connectivity index (χ1n) is 5.79. The van der Waals surface area contributed by atoms with Gasteiger partial charge < -0.3 is 0 Å². The molecule has 0 aliphatic heterocycles. The number of nitrogens with two attached hydrogens (primary N) is 1. The molecule has 0 radical (unpaired) electrons. The fourth-order valence-electron chi connectivity index (χ4n) is 1.74. The Kier molecular flexibility index (Phi) is 5.71. The maximum Gasteiger partial charge on any atom is 0.147 e. The summed E-state index contributed by atoms with van der Waals surface area (Å²) in [5.74, 6) is 5.32. The second-order valence-electron chi connectivity index (χ2n) is 4.47. The van der Waals surface area contributed by atoms with Gasteiger partial charge in [0.05, 0.1) is 0 Å². The molecule has 0 aliphatic rings. The van der Waals surface area contributed by atoms with Crippen LogP contribution in [0.3, 0.4) is 0 Å². The summed E-state index contributed by atoms with van der Waals surface area (Å²) in [5, 5.41) is 0. The van der Waals surface area contributed by atoms with E-state index in [0.717, 1.165) is 5.56 Å². The van der Waals surface area contributed by atoms with Crippen molar-refractivity contribution in [2.75, 3.05) is 12.0 Å². The monoisotopic (exact) mass is 274 g/mol. The average molecular weight is 274 g/mol. The van der Waals surface area contributed by atoms with Crippen molar-refractivity contribution in [2.24, 2.45) is 5.84 Å². The van der Waals surface area contributed by atoms with E-state index in [1.54, 1.807) is 12.1 Å². The molecule has 6 heteroatoms. The van der Waals surface area contributed by atoms with Crippen LogP contribution in [0.1, 0.15) is 18.4 Å². The van der Waals surface area contributed by atoms with Crippen molar-refractivity contribution in [3.8, 4) is 0 Å². The van der Waals surface area contributed by atoms with Crippen LogP contribution in [0.15, 0.2) is 24.3 Å². The Hall–Kier alpha value is -0.980. The quantitative estimate of drug-likeness (QED) is 0.575. The van der Waals surface area contributed by atoms with Crippen LogP contribution >= 0.6 is 0 Å². The van der Waals surface area contributed by atoms with Gasteiger partial charge in [-0.3, -0.25) is 11.3 Å². The van der Waals surface area contributed by atoms with Gasteiger partial charge in [-0.05, 0) is 37.0 Å². The van der Waals surface area contributed by atoms with Crippen LogP contribution in [-0.4, -0.2) is 26.5 Å². The van der Waals surface area contributed by atoms with Crippen molar-refractivity contribution in [1.29, 1.82) is 0 Å². The molecule has 0 heterocycles. The van der Waals surface area contributed by atoms with Crippen molar-refractivity contribution < 1.29 is 12.8 Å². The highest BCUT2D eigenvalue weighted by molar-refractivity contribution is 7.90. The third-order valence-electron chi connectivity index (χ3n) is 2.70. The third-order valence-corrected chi connectivity index (χ3v) is 3.73. The van der Waals surface area contributed by atoms with Crippen LogP contribution in [0, 0.1) is 5.82 Å². The fraction of sp³-hybridized carbons (Fsp3) is 0.500. The van der Waals surface area contributed by atoms with E-state index >= 15 is 0 Å². The molecule has 0 spiro atoms. The Bertz CT molecular complexity index is 459. The van der Waals surface area contributed by atoms with Gasteiger partial charge in [0, 0.05) is 18.1 Å². The Morgan fingerprint density at radius 2 is 1.94 bits per heavy atom. The summed E-state index contributed by atoms with van der Waals surface area (Å²) >= 11 is 0. The van der Waals surface area contributed by atoms with Crippen molar-refractivity contribution in [3.63, 3.8) is 0 Å². The van der Waals surface area contributed by atoms with E-state index in [9.17, 15) is 12.8 Å². The lowest BCUT2D eigenvalue weighted by atomic mass is 10.0. The molecule has 0 bridgehead atoms. The van der Waals surface area contributed by atoms with E-state index in [1.807, 2.05) is 0 Å². The van der Waals surface area contributed by atoms with E-state index in [2.05, 4.69) is 5.43 Å². The van der Waals surface area contributed by atoms with Crippen LogP contribution < -0.4 is 11.3 Å². The predicted octanol–water partition coefficient (Wildman–Crippen LogP) is 1.02. The number of hydrazine groups is 1. The number of sulfone groups is 1. The molecule has 0 aromatic heterocycles. The van der Waals surface area contributed by atoms with Crippen LogP contribution in [0.2, 0.25) is 0 Å².